The summed E-state index contributed by atoms with van der Waals surface area (Å²) >= 11 is 0. The molecule has 2 atom stereocenters. The zero-order valence-corrected chi connectivity index (χ0v) is 21.2. The normalized spacial score (nSPS) is 17.6. The van der Waals surface area contributed by atoms with Crippen molar-refractivity contribution in [2.24, 2.45) is 0 Å². The number of aromatic nitrogens is 2. The van der Waals surface area contributed by atoms with Crippen molar-refractivity contribution in [3.63, 3.8) is 0 Å². The second-order valence-electron chi connectivity index (χ2n) is 10.0. The molecule has 6 rings (SSSR count). The number of hydrogen-bond acceptors (Lipinski definition) is 5. The van der Waals surface area contributed by atoms with Crippen LogP contribution in [0, 0.1) is 19.7 Å². The first-order valence-corrected chi connectivity index (χ1v) is 12.7. The molecule has 3 aromatic carbocycles. The van der Waals surface area contributed by atoms with E-state index in [-0.39, 0.29) is 18.2 Å². The van der Waals surface area contributed by atoms with E-state index in [0.29, 0.717) is 36.5 Å². The van der Waals surface area contributed by atoms with Gasteiger partial charge in [0.05, 0.1) is 18.7 Å². The lowest BCUT2D eigenvalue weighted by Gasteiger charge is -2.19. The lowest BCUT2D eigenvalue weighted by Crippen LogP contribution is -2.07. The maximum Gasteiger partial charge on any atom is 0.304 e. The number of carbonyl (C=O) groups is 1. The molecule has 0 amide bonds. The van der Waals surface area contributed by atoms with Crippen LogP contribution in [-0.2, 0) is 11.2 Å². The van der Waals surface area contributed by atoms with E-state index in [1.165, 1.54) is 6.07 Å². The smallest absolute Gasteiger partial charge is 0.304 e. The van der Waals surface area contributed by atoms with Gasteiger partial charge in [-0.1, -0.05) is 12.1 Å². The van der Waals surface area contributed by atoms with E-state index in [4.69, 9.17) is 14.6 Å². The minimum absolute atomic E-state index is 0.0239. The number of ether oxygens (including phenoxy) is 2. The van der Waals surface area contributed by atoms with Gasteiger partial charge >= 0.3 is 5.97 Å². The van der Waals surface area contributed by atoms with Crippen LogP contribution in [0.5, 0.6) is 11.5 Å². The Morgan fingerprint density at radius 3 is 2.68 bits per heavy atom. The molecule has 0 bridgehead atoms. The van der Waals surface area contributed by atoms with Crippen LogP contribution in [-0.4, -0.2) is 27.7 Å². The average Bonchev–Trinajstić information content (AvgIpc) is 3.50. The molecule has 1 N–H and O–H groups in total. The molecule has 4 aromatic rings. The molecule has 38 heavy (non-hydrogen) atoms. The molecule has 0 fully saturated rings. The number of rotatable bonds is 6. The van der Waals surface area contributed by atoms with Gasteiger partial charge in [0.15, 0.2) is 0 Å². The molecule has 7 heteroatoms. The zero-order valence-electron chi connectivity index (χ0n) is 21.2. The number of carboxylic acids is 1. The third kappa shape index (κ3) is 4.28. The third-order valence-electron chi connectivity index (χ3n) is 7.53. The fraction of sp³-hybridized carbons (Fsp3) is 0.258. The van der Waals surface area contributed by atoms with Gasteiger partial charge in [0.2, 0.25) is 0 Å². The highest BCUT2D eigenvalue weighted by atomic mass is 19.1. The number of benzene rings is 3. The van der Waals surface area contributed by atoms with Gasteiger partial charge in [0.1, 0.15) is 29.7 Å². The van der Waals surface area contributed by atoms with Crippen molar-refractivity contribution in [3.8, 4) is 33.9 Å². The number of aliphatic carboxylic acids is 1. The quantitative estimate of drug-likeness (QED) is 0.315. The van der Waals surface area contributed by atoms with Crippen LogP contribution < -0.4 is 9.47 Å². The number of aryl methyl sites for hydroxylation is 2. The van der Waals surface area contributed by atoms with E-state index in [1.54, 1.807) is 18.6 Å². The highest BCUT2D eigenvalue weighted by Crippen LogP contribution is 2.45. The second kappa shape index (κ2) is 9.56. The van der Waals surface area contributed by atoms with Crippen LogP contribution in [0.3, 0.4) is 0 Å². The van der Waals surface area contributed by atoms with Gasteiger partial charge in [-0.2, -0.15) is 0 Å². The Balaban J connectivity index is 1.31. The molecule has 0 saturated heterocycles. The first-order chi connectivity index (χ1) is 18.4. The number of carboxylic acid groups (broad SMARTS) is 1. The Hall–Kier alpha value is -4.26. The molecule has 6 nitrogen and oxygen atoms in total. The van der Waals surface area contributed by atoms with E-state index in [1.807, 2.05) is 24.3 Å². The van der Waals surface area contributed by atoms with Gasteiger partial charge in [-0.15, -0.1) is 0 Å². The molecule has 1 aliphatic heterocycles. The minimum atomic E-state index is -0.852. The van der Waals surface area contributed by atoms with Gasteiger partial charge in [-0.25, -0.2) is 14.4 Å². The highest BCUT2D eigenvalue weighted by molar-refractivity contribution is 5.79. The van der Waals surface area contributed by atoms with E-state index in [0.717, 1.165) is 44.6 Å². The Labute approximate surface area is 220 Å². The van der Waals surface area contributed by atoms with Crippen molar-refractivity contribution < 1.29 is 23.8 Å². The first-order valence-electron chi connectivity index (χ1n) is 12.7. The summed E-state index contributed by atoms with van der Waals surface area (Å²) in [6, 6.07) is 15.0. The fourth-order valence-corrected chi connectivity index (χ4v) is 5.90. The van der Waals surface area contributed by atoms with Crippen LogP contribution in [0.2, 0.25) is 0 Å². The highest BCUT2D eigenvalue weighted by Gasteiger charge is 2.32. The number of fused-ring (bicyclic) bond motifs is 2. The molecular weight excluding hydrogens is 483 g/mol. The van der Waals surface area contributed by atoms with Crippen LogP contribution in [0.15, 0.2) is 61.1 Å². The van der Waals surface area contributed by atoms with Gasteiger partial charge in [0, 0.05) is 34.9 Å². The zero-order chi connectivity index (χ0) is 26.4. The summed E-state index contributed by atoms with van der Waals surface area (Å²) in [6.07, 6.45) is 4.26. The summed E-state index contributed by atoms with van der Waals surface area (Å²) < 4.78 is 27.3. The molecule has 1 aromatic heterocycles. The second-order valence-corrected chi connectivity index (χ2v) is 10.0. The summed E-state index contributed by atoms with van der Waals surface area (Å²) in [7, 11) is 0. The van der Waals surface area contributed by atoms with Crippen molar-refractivity contribution in [2.75, 3.05) is 6.61 Å². The van der Waals surface area contributed by atoms with E-state index in [9.17, 15) is 4.79 Å². The minimum Gasteiger partial charge on any atom is -0.492 e. The molecule has 1 aliphatic carbocycles. The SMILES string of the molecule is Cc1cc(-c2ccncn2)cc(C)c1-c1ccc(F)c2c1CC[C@H]2Oc1ccc2c(c1)OC[C@H]2CC(=O)O. The van der Waals surface area contributed by atoms with Crippen molar-refractivity contribution in [1.29, 1.82) is 0 Å². The van der Waals surface area contributed by atoms with Crippen LogP contribution >= 0.6 is 0 Å². The van der Waals surface area contributed by atoms with Gasteiger partial charge < -0.3 is 14.6 Å². The predicted octanol–water partition coefficient (Wildman–Crippen LogP) is 6.58. The molecule has 2 heterocycles. The van der Waals surface area contributed by atoms with Gasteiger partial charge in [0.25, 0.3) is 0 Å². The van der Waals surface area contributed by atoms with Crippen LogP contribution in [0.25, 0.3) is 22.4 Å². The molecule has 0 saturated carbocycles. The van der Waals surface area contributed by atoms with Crippen molar-refractivity contribution >= 4 is 5.97 Å². The van der Waals surface area contributed by atoms with Crippen LogP contribution in [0.1, 0.15) is 52.7 Å². The maximum atomic E-state index is 15.2. The van der Waals surface area contributed by atoms with Crippen molar-refractivity contribution in [2.45, 2.75) is 45.1 Å². The fourth-order valence-electron chi connectivity index (χ4n) is 5.90. The predicted molar refractivity (Wildman–Crippen MR) is 141 cm³/mol. The molecule has 0 radical (unpaired) electrons. The van der Waals surface area contributed by atoms with E-state index < -0.39 is 12.1 Å². The third-order valence-corrected chi connectivity index (χ3v) is 7.53. The lowest BCUT2D eigenvalue weighted by molar-refractivity contribution is -0.137. The summed E-state index contributed by atoms with van der Waals surface area (Å²) in [5, 5.41) is 9.15. The maximum absolute atomic E-state index is 15.2. The standard InChI is InChI=1S/C31H27FN2O4/c1-17-11-19(26-9-10-33-16-34-26)12-18(2)30(17)23-5-7-25(32)31-24(23)6-8-27(31)38-21-3-4-22-20(13-29(35)36)15-37-28(22)14-21/h3-5,7,9-12,14,16,20,27H,6,8,13,15H2,1-2H3,(H,35,36)/t20-,27-/m1/s1. The first kappa shape index (κ1) is 24.1. The summed E-state index contributed by atoms with van der Waals surface area (Å²) in [5.74, 6) is -0.0658. The van der Waals surface area contributed by atoms with Crippen LogP contribution in [0.4, 0.5) is 4.39 Å². The average molecular weight is 511 g/mol. The summed E-state index contributed by atoms with van der Waals surface area (Å²) in [5.41, 5.74) is 8.68. The lowest BCUT2D eigenvalue weighted by atomic mass is 9.88. The monoisotopic (exact) mass is 510 g/mol. The molecular formula is C31H27FN2O4. The Morgan fingerprint density at radius 2 is 1.95 bits per heavy atom. The number of hydrogen-bond donors (Lipinski definition) is 1. The van der Waals surface area contributed by atoms with E-state index >= 15 is 4.39 Å². The van der Waals surface area contributed by atoms with Crippen molar-refractivity contribution in [3.05, 3.63) is 94.7 Å². The largest absolute Gasteiger partial charge is 0.492 e. The molecule has 2 aliphatic rings. The Kier molecular flexibility index (Phi) is 6.06. The van der Waals surface area contributed by atoms with Gasteiger partial charge in [-0.05, 0) is 84.8 Å². The summed E-state index contributed by atoms with van der Waals surface area (Å²) in [4.78, 5) is 19.5. The van der Waals surface area contributed by atoms with Crippen molar-refractivity contribution in [1.82, 2.24) is 9.97 Å². The molecule has 0 unspecified atom stereocenters. The Morgan fingerprint density at radius 1 is 1.13 bits per heavy atom. The number of nitrogens with zero attached hydrogens (tertiary/aromatic N) is 2. The Bertz CT molecular complexity index is 1530. The number of halogens is 1. The topological polar surface area (TPSA) is 81.5 Å². The molecule has 0 spiro atoms. The molecule has 192 valence electrons. The summed E-state index contributed by atoms with van der Waals surface area (Å²) in [6.45, 7) is 4.49. The van der Waals surface area contributed by atoms with Gasteiger partial charge in [-0.3, -0.25) is 4.79 Å². The van der Waals surface area contributed by atoms with E-state index in [2.05, 4.69) is 35.9 Å².